The van der Waals surface area contributed by atoms with E-state index < -0.39 is 0 Å². The lowest BCUT2D eigenvalue weighted by atomic mass is 10.0. The molecule has 0 aromatic heterocycles. The number of phenols is 1. The molecule has 0 spiro atoms. The van der Waals surface area contributed by atoms with Crippen LogP contribution in [0.25, 0.3) is 0 Å². The summed E-state index contributed by atoms with van der Waals surface area (Å²) in [6.07, 6.45) is 0.994. The summed E-state index contributed by atoms with van der Waals surface area (Å²) in [7, 11) is 0. The molecule has 126 valence electrons. The van der Waals surface area contributed by atoms with E-state index in [9.17, 15) is 9.90 Å². The van der Waals surface area contributed by atoms with Gasteiger partial charge in [0.25, 0.3) is 0 Å². The molecule has 0 saturated carbocycles. The first-order valence-corrected chi connectivity index (χ1v) is 8.29. The molecule has 0 heterocycles. The number of hydrogen-bond donors (Lipinski definition) is 1. The molecule has 3 heteroatoms. The molecule has 0 aliphatic heterocycles. The summed E-state index contributed by atoms with van der Waals surface area (Å²) in [5.41, 5.74) is 2.46. The van der Waals surface area contributed by atoms with E-state index in [1.165, 1.54) is 6.07 Å². The van der Waals surface area contributed by atoms with Crippen molar-refractivity contribution >= 4 is 5.78 Å². The Morgan fingerprint density at radius 1 is 0.840 bits per heavy atom. The minimum atomic E-state index is -0.0912. The van der Waals surface area contributed by atoms with E-state index >= 15 is 0 Å². The zero-order chi connectivity index (χ0) is 17.5. The van der Waals surface area contributed by atoms with Gasteiger partial charge < -0.3 is 9.84 Å². The Morgan fingerprint density at radius 3 is 2.16 bits per heavy atom. The van der Waals surface area contributed by atoms with Crippen LogP contribution in [0.1, 0.15) is 27.9 Å². The summed E-state index contributed by atoms with van der Waals surface area (Å²) in [6, 6.07) is 24.5. The maximum Gasteiger partial charge on any atom is 0.167 e. The highest BCUT2D eigenvalue weighted by Gasteiger charge is 2.13. The lowest BCUT2D eigenvalue weighted by molar-refractivity contribution is 0.0979. The van der Waals surface area contributed by atoms with Crippen molar-refractivity contribution in [1.29, 1.82) is 0 Å². The van der Waals surface area contributed by atoms with Crippen LogP contribution in [0.15, 0.2) is 78.9 Å². The number of hydrogen-bond acceptors (Lipinski definition) is 3. The standard InChI is InChI=1S/C22H20O3/c23-21(13-11-17-7-3-1-4-8-17)20-15-19(12-14-22(20)24)25-16-18-9-5-2-6-10-18/h1-10,12,14-15,24H,11,13,16H2. The van der Waals surface area contributed by atoms with E-state index in [2.05, 4.69) is 0 Å². The van der Waals surface area contributed by atoms with Crippen molar-refractivity contribution in [2.24, 2.45) is 0 Å². The second-order valence-corrected chi connectivity index (χ2v) is 5.86. The van der Waals surface area contributed by atoms with E-state index in [1.807, 2.05) is 60.7 Å². The SMILES string of the molecule is O=C(CCc1ccccc1)c1cc(OCc2ccccc2)ccc1O. The van der Waals surface area contributed by atoms with Crippen LogP contribution in [0.5, 0.6) is 11.5 Å². The minimum Gasteiger partial charge on any atom is -0.507 e. The zero-order valence-electron chi connectivity index (χ0n) is 13.9. The summed E-state index contributed by atoms with van der Waals surface area (Å²) in [6.45, 7) is 0.420. The van der Waals surface area contributed by atoms with Crippen LogP contribution in [0.4, 0.5) is 0 Å². The maximum atomic E-state index is 12.4. The van der Waals surface area contributed by atoms with Crippen molar-refractivity contribution < 1.29 is 14.6 Å². The number of ketones is 1. The molecule has 3 aromatic carbocycles. The van der Waals surface area contributed by atoms with Crippen molar-refractivity contribution in [3.8, 4) is 11.5 Å². The van der Waals surface area contributed by atoms with E-state index in [1.54, 1.807) is 12.1 Å². The van der Waals surface area contributed by atoms with E-state index in [-0.39, 0.29) is 11.5 Å². The van der Waals surface area contributed by atoms with Crippen LogP contribution in [0.2, 0.25) is 0 Å². The van der Waals surface area contributed by atoms with Crippen LogP contribution < -0.4 is 4.74 Å². The van der Waals surface area contributed by atoms with Gasteiger partial charge in [-0.05, 0) is 35.7 Å². The molecule has 0 bridgehead atoms. The number of carbonyl (C=O) groups is 1. The fourth-order valence-electron chi connectivity index (χ4n) is 2.61. The van der Waals surface area contributed by atoms with Crippen LogP contribution in [-0.4, -0.2) is 10.9 Å². The van der Waals surface area contributed by atoms with Crippen LogP contribution in [-0.2, 0) is 13.0 Å². The minimum absolute atomic E-state index is 0.00915. The second-order valence-electron chi connectivity index (χ2n) is 5.86. The predicted molar refractivity (Wildman–Crippen MR) is 98.0 cm³/mol. The third-order valence-electron chi connectivity index (χ3n) is 4.00. The number of aryl methyl sites for hydroxylation is 1. The monoisotopic (exact) mass is 332 g/mol. The zero-order valence-corrected chi connectivity index (χ0v) is 13.9. The first kappa shape index (κ1) is 16.8. The van der Waals surface area contributed by atoms with Crippen molar-refractivity contribution in [3.05, 3.63) is 95.6 Å². The van der Waals surface area contributed by atoms with Crippen LogP contribution >= 0.6 is 0 Å². The quantitative estimate of drug-likeness (QED) is 0.633. The molecule has 0 unspecified atom stereocenters. The highest BCUT2D eigenvalue weighted by molar-refractivity contribution is 5.99. The van der Waals surface area contributed by atoms with Gasteiger partial charge in [-0.2, -0.15) is 0 Å². The first-order valence-electron chi connectivity index (χ1n) is 8.29. The summed E-state index contributed by atoms with van der Waals surface area (Å²) in [5.74, 6) is 0.473. The molecular formula is C22H20O3. The van der Waals surface area contributed by atoms with Crippen molar-refractivity contribution in [3.63, 3.8) is 0 Å². The predicted octanol–water partition coefficient (Wildman–Crippen LogP) is 4.79. The molecule has 1 N–H and O–H groups in total. The van der Waals surface area contributed by atoms with Gasteiger partial charge in [0, 0.05) is 6.42 Å². The Bertz CT molecular complexity index is 826. The Morgan fingerprint density at radius 2 is 1.48 bits per heavy atom. The molecule has 3 aromatic rings. The largest absolute Gasteiger partial charge is 0.507 e. The van der Waals surface area contributed by atoms with E-state index in [0.29, 0.717) is 30.8 Å². The molecule has 3 nitrogen and oxygen atoms in total. The number of benzene rings is 3. The molecule has 0 radical (unpaired) electrons. The third-order valence-corrected chi connectivity index (χ3v) is 4.00. The molecule has 0 amide bonds. The van der Waals surface area contributed by atoms with E-state index in [4.69, 9.17) is 4.74 Å². The first-order chi connectivity index (χ1) is 12.2. The highest BCUT2D eigenvalue weighted by Crippen LogP contribution is 2.25. The van der Waals surface area contributed by atoms with Gasteiger partial charge in [-0.15, -0.1) is 0 Å². The van der Waals surface area contributed by atoms with Crippen molar-refractivity contribution in [2.75, 3.05) is 0 Å². The van der Waals surface area contributed by atoms with Gasteiger partial charge >= 0.3 is 0 Å². The van der Waals surface area contributed by atoms with Gasteiger partial charge in [0.05, 0.1) is 5.56 Å². The van der Waals surface area contributed by atoms with E-state index in [0.717, 1.165) is 11.1 Å². The Kier molecular flexibility index (Phi) is 5.47. The topological polar surface area (TPSA) is 46.5 Å². The number of aromatic hydroxyl groups is 1. The van der Waals surface area contributed by atoms with Gasteiger partial charge in [0.1, 0.15) is 18.1 Å². The van der Waals surface area contributed by atoms with Gasteiger partial charge in [-0.25, -0.2) is 0 Å². The summed E-state index contributed by atoms with van der Waals surface area (Å²) in [4.78, 5) is 12.4. The van der Waals surface area contributed by atoms with Gasteiger partial charge in [0.15, 0.2) is 5.78 Å². The summed E-state index contributed by atoms with van der Waals surface area (Å²) < 4.78 is 5.74. The number of Topliss-reactive ketones (excluding diaryl/α,β-unsaturated/α-hetero) is 1. The Balaban J connectivity index is 1.65. The average Bonchev–Trinajstić information content (AvgIpc) is 2.67. The third kappa shape index (κ3) is 4.70. The second kappa shape index (κ2) is 8.15. The molecule has 25 heavy (non-hydrogen) atoms. The summed E-state index contributed by atoms with van der Waals surface area (Å²) in [5, 5.41) is 10.0. The fraction of sp³-hybridized carbons (Fsp3) is 0.136. The molecule has 0 atom stereocenters. The summed E-state index contributed by atoms with van der Waals surface area (Å²) >= 11 is 0. The number of ether oxygens (including phenoxy) is 1. The highest BCUT2D eigenvalue weighted by atomic mass is 16.5. The van der Waals surface area contributed by atoms with Crippen molar-refractivity contribution in [1.82, 2.24) is 0 Å². The van der Waals surface area contributed by atoms with Crippen LogP contribution in [0, 0.1) is 0 Å². The maximum absolute atomic E-state index is 12.4. The number of phenolic OH excluding ortho intramolecular Hbond substituents is 1. The number of rotatable bonds is 7. The van der Waals surface area contributed by atoms with Crippen molar-refractivity contribution in [2.45, 2.75) is 19.4 Å². The van der Waals surface area contributed by atoms with Gasteiger partial charge in [-0.3, -0.25) is 4.79 Å². The molecule has 0 aliphatic carbocycles. The number of carbonyl (C=O) groups excluding carboxylic acids is 1. The van der Waals surface area contributed by atoms with Gasteiger partial charge in [-0.1, -0.05) is 60.7 Å². The molecule has 3 rings (SSSR count). The Labute approximate surface area is 147 Å². The molecule has 0 aliphatic rings. The van der Waals surface area contributed by atoms with Crippen LogP contribution in [0.3, 0.4) is 0 Å². The fourth-order valence-corrected chi connectivity index (χ4v) is 2.61. The Hall–Kier alpha value is -3.07. The lowest BCUT2D eigenvalue weighted by Gasteiger charge is -2.09. The smallest absolute Gasteiger partial charge is 0.167 e. The average molecular weight is 332 g/mol. The lowest BCUT2D eigenvalue weighted by Crippen LogP contribution is -2.03. The van der Waals surface area contributed by atoms with Gasteiger partial charge in [0.2, 0.25) is 0 Å². The molecule has 0 saturated heterocycles. The normalized spacial score (nSPS) is 10.4. The molecule has 0 fully saturated rings. The molecular weight excluding hydrogens is 312 g/mol.